The average molecular weight is 429 g/mol. The lowest BCUT2D eigenvalue weighted by molar-refractivity contribution is -0.287. The van der Waals surface area contributed by atoms with Gasteiger partial charge in [0.2, 0.25) is 0 Å². The van der Waals surface area contributed by atoms with Crippen LogP contribution < -0.4 is 0 Å². The molecule has 0 radical (unpaired) electrons. The van der Waals surface area contributed by atoms with E-state index in [1.807, 2.05) is 42.5 Å². The van der Waals surface area contributed by atoms with Gasteiger partial charge in [-0.2, -0.15) is 0 Å². The predicted octanol–water partition coefficient (Wildman–Crippen LogP) is 0.744. The first-order valence-electron chi connectivity index (χ1n) is 10.8. The fourth-order valence-corrected chi connectivity index (χ4v) is 5.06. The molecule has 5 unspecified atom stereocenters. The standard InChI is InChI=1S/C22H27N3O6/c26-19-16-8-4-5-9-17(16)20(27)25(19)31-21(28)18-11-10-15-12-23(18)22(29)24(15)30-13-14-6-2-1-3-7-14/h1-7,15-18,21-22,28-29H,8-13H2/t15-,16?,17?,18+,21?,22?/m1/s1. The highest BCUT2D eigenvalue weighted by Gasteiger charge is 2.52. The van der Waals surface area contributed by atoms with E-state index >= 15 is 0 Å². The summed E-state index contributed by atoms with van der Waals surface area (Å²) in [6.07, 6.45) is 3.59. The highest BCUT2D eigenvalue weighted by molar-refractivity contribution is 6.04. The van der Waals surface area contributed by atoms with E-state index in [2.05, 4.69) is 0 Å². The maximum absolute atomic E-state index is 12.6. The normalized spacial score (nSPS) is 36.1. The number of fused-ring (bicyclic) bond motifs is 3. The Morgan fingerprint density at radius 3 is 2.39 bits per heavy atom. The number of carbonyl (C=O) groups excluding carboxylic acids is 2. The van der Waals surface area contributed by atoms with Crippen molar-refractivity contribution in [1.82, 2.24) is 15.0 Å². The smallest absolute Gasteiger partial charge is 0.257 e. The number of rotatable bonds is 6. The molecule has 5 rings (SSSR count). The van der Waals surface area contributed by atoms with Crippen molar-refractivity contribution in [3.63, 3.8) is 0 Å². The summed E-state index contributed by atoms with van der Waals surface area (Å²) in [5.41, 5.74) is 0.994. The number of hydrogen-bond acceptors (Lipinski definition) is 8. The van der Waals surface area contributed by atoms with E-state index in [0.717, 1.165) is 10.6 Å². The van der Waals surface area contributed by atoms with Gasteiger partial charge in [0, 0.05) is 6.54 Å². The van der Waals surface area contributed by atoms with Gasteiger partial charge in [-0.25, -0.2) is 4.84 Å². The molecule has 2 amide bonds. The summed E-state index contributed by atoms with van der Waals surface area (Å²) in [7, 11) is 0. The predicted molar refractivity (Wildman–Crippen MR) is 107 cm³/mol. The van der Waals surface area contributed by atoms with Crippen LogP contribution in [0.2, 0.25) is 0 Å². The second kappa shape index (κ2) is 8.42. The molecule has 1 aromatic rings. The number of piperidine rings is 1. The van der Waals surface area contributed by atoms with Crippen LogP contribution in [0.5, 0.6) is 0 Å². The van der Waals surface area contributed by atoms with Crippen molar-refractivity contribution < 1.29 is 29.5 Å². The molecule has 2 N–H and O–H groups in total. The zero-order valence-electron chi connectivity index (χ0n) is 17.1. The average Bonchev–Trinajstić information content (AvgIpc) is 3.18. The third kappa shape index (κ3) is 3.71. The van der Waals surface area contributed by atoms with Crippen LogP contribution in [0.1, 0.15) is 31.2 Å². The number of carbonyl (C=O) groups is 2. The summed E-state index contributed by atoms with van der Waals surface area (Å²) in [5.74, 6) is -1.64. The zero-order valence-corrected chi connectivity index (χ0v) is 17.1. The van der Waals surface area contributed by atoms with Gasteiger partial charge in [-0.05, 0) is 31.2 Å². The minimum Gasteiger partial charge on any atom is -0.365 e. The Bertz CT molecular complexity index is 838. The van der Waals surface area contributed by atoms with Gasteiger partial charge >= 0.3 is 0 Å². The van der Waals surface area contributed by atoms with Gasteiger partial charge in [0.15, 0.2) is 12.6 Å². The summed E-state index contributed by atoms with van der Waals surface area (Å²) in [4.78, 5) is 38.3. The van der Waals surface area contributed by atoms with Gasteiger partial charge in [0.05, 0.1) is 30.5 Å². The molecule has 3 heterocycles. The van der Waals surface area contributed by atoms with Crippen molar-refractivity contribution in [2.45, 2.75) is 57.0 Å². The molecular weight excluding hydrogens is 402 g/mol. The van der Waals surface area contributed by atoms with Gasteiger partial charge in [0.1, 0.15) is 0 Å². The van der Waals surface area contributed by atoms with E-state index < -0.39 is 42.3 Å². The fraction of sp³-hybridized carbons (Fsp3) is 0.545. The van der Waals surface area contributed by atoms with E-state index in [1.54, 1.807) is 9.96 Å². The van der Waals surface area contributed by atoms with Crippen molar-refractivity contribution in [3.8, 4) is 0 Å². The Hall–Kier alpha value is -2.14. The van der Waals surface area contributed by atoms with E-state index in [0.29, 0.717) is 38.8 Å². The van der Waals surface area contributed by atoms with Gasteiger partial charge in [0.25, 0.3) is 11.8 Å². The maximum Gasteiger partial charge on any atom is 0.257 e. The van der Waals surface area contributed by atoms with Gasteiger partial charge in [-0.1, -0.05) is 42.5 Å². The van der Waals surface area contributed by atoms with Crippen LogP contribution >= 0.6 is 0 Å². The molecule has 9 nitrogen and oxygen atoms in total. The fourth-order valence-electron chi connectivity index (χ4n) is 5.06. The third-order valence-corrected chi connectivity index (χ3v) is 6.76. The molecular formula is C22H27N3O6. The van der Waals surface area contributed by atoms with Crippen LogP contribution in [0.4, 0.5) is 0 Å². The SMILES string of the molecule is O=C1C2CC=CCC2C(=O)N1OC(O)[C@@H]1CC[C@@H]2CN1C(O)N2OCc1ccccc1. The number of aliphatic hydroxyl groups excluding tert-OH is 2. The quantitative estimate of drug-likeness (QED) is 0.388. The number of hydroxylamine groups is 4. The van der Waals surface area contributed by atoms with Crippen molar-refractivity contribution in [1.29, 1.82) is 0 Å². The van der Waals surface area contributed by atoms with E-state index in [-0.39, 0.29) is 6.04 Å². The third-order valence-electron chi connectivity index (χ3n) is 6.76. The van der Waals surface area contributed by atoms with Crippen molar-refractivity contribution >= 4 is 11.8 Å². The lowest BCUT2D eigenvalue weighted by Crippen LogP contribution is -2.52. The molecule has 0 spiro atoms. The highest BCUT2D eigenvalue weighted by atomic mass is 16.8. The largest absolute Gasteiger partial charge is 0.365 e. The monoisotopic (exact) mass is 429 g/mol. The van der Waals surface area contributed by atoms with Gasteiger partial charge in [-0.3, -0.25) is 19.3 Å². The first kappa shape index (κ1) is 20.7. The first-order valence-corrected chi connectivity index (χ1v) is 10.8. The van der Waals surface area contributed by atoms with Gasteiger partial charge in [-0.15, -0.1) is 10.1 Å². The molecule has 3 fully saturated rings. The zero-order chi connectivity index (χ0) is 21.5. The minimum absolute atomic E-state index is 0.00819. The molecule has 7 atom stereocenters. The number of hydrogen-bond donors (Lipinski definition) is 2. The van der Waals surface area contributed by atoms with Crippen LogP contribution in [0.25, 0.3) is 0 Å². The molecule has 9 heteroatoms. The van der Waals surface area contributed by atoms with Crippen LogP contribution in [0, 0.1) is 11.8 Å². The lowest BCUT2D eigenvalue weighted by atomic mass is 9.85. The van der Waals surface area contributed by atoms with Crippen molar-refractivity contribution in [2.75, 3.05) is 6.54 Å². The van der Waals surface area contributed by atoms with E-state index in [4.69, 9.17) is 9.68 Å². The summed E-state index contributed by atoms with van der Waals surface area (Å²) < 4.78 is 0. The Morgan fingerprint density at radius 1 is 1.03 bits per heavy atom. The topological polar surface area (TPSA) is 103 Å². The number of amides is 2. The van der Waals surface area contributed by atoms with Crippen molar-refractivity contribution in [3.05, 3.63) is 48.0 Å². The molecule has 2 bridgehead atoms. The van der Waals surface area contributed by atoms with E-state index in [1.165, 1.54) is 0 Å². The van der Waals surface area contributed by atoms with Crippen molar-refractivity contribution in [2.24, 2.45) is 11.8 Å². The molecule has 0 saturated carbocycles. The molecule has 31 heavy (non-hydrogen) atoms. The number of benzene rings is 1. The number of allylic oxidation sites excluding steroid dienone is 2. The molecule has 1 aliphatic carbocycles. The molecule has 166 valence electrons. The Labute approximate surface area is 180 Å². The molecule has 0 aromatic heterocycles. The Kier molecular flexibility index (Phi) is 5.63. The molecule has 4 aliphatic rings. The van der Waals surface area contributed by atoms with Gasteiger partial charge < -0.3 is 10.2 Å². The lowest BCUT2D eigenvalue weighted by Gasteiger charge is -2.35. The second-order valence-corrected chi connectivity index (χ2v) is 8.58. The summed E-state index contributed by atoms with van der Waals surface area (Å²) >= 11 is 0. The second-order valence-electron chi connectivity index (χ2n) is 8.58. The number of imide groups is 1. The van der Waals surface area contributed by atoms with Crippen LogP contribution in [0.15, 0.2) is 42.5 Å². The summed E-state index contributed by atoms with van der Waals surface area (Å²) in [5, 5.41) is 23.8. The number of nitrogens with zero attached hydrogens (tertiary/aromatic N) is 3. The summed E-state index contributed by atoms with van der Waals surface area (Å²) in [6, 6.07) is 9.12. The highest BCUT2D eigenvalue weighted by Crippen LogP contribution is 2.37. The molecule has 1 aromatic carbocycles. The molecule has 3 aliphatic heterocycles. The minimum atomic E-state index is -1.41. The molecule has 3 saturated heterocycles. The van der Waals surface area contributed by atoms with Crippen LogP contribution in [0.3, 0.4) is 0 Å². The Morgan fingerprint density at radius 2 is 1.71 bits per heavy atom. The Balaban J connectivity index is 1.22. The van der Waals surface area contributed by atoms with E-state index in [9.17, 15) is 19.8 Å². The van der Waals surface area contributed by atoms with Crippen LogP contribution in [-0.4, -0.2) is 68.3 Å². The number of aliphatic hydroxyl groups is 2. The maximum atomic E-state index is 12.6. The first-order chi connectivity index (χ1) is 15.0. The summed E-state index contributed by atoms with van der Waals surface area (Å²) in [6.45, 7) is 0.831. The van der Waals surface area contributed by atoms with Crippen LogP contribution in [-0.2, 0) is 25.9 Å².